The van der Waals surface area contributed by atoms with Crippen LogP contribution in [0, 0.1) is 12.7 Å². The summed E-state index contributed by atoms with van der Waals surface area (Å²) in [7, 11) is -1.60. The summed E-state index contributed by atoms with van der Waals surface area (Å²) in [5, 5.41) is 0. The van der Waals surface area contributed by atoms with E-state index >= 15 is 0 Å². The number of methoxy groups -OCH3 is 2. The summed E-state index contributed by atoms with van der Waals surface area (Å²) in [5.41, 5.74) is 0.956. The van der Waals surface area contributed by atoms with Gasteiger partial charge in [0, 0.05) is 0 Å². The Morgan fingerprint density at radius 2 is 1.83 bits per heavy atom. The highest BCUT2D eigenvalue weighted by atomic mass is 32.2. The van der Waals surface area contributed by atoms with Crippen LogP contribution in [0.2, 0.25) is 0 Å². The van der Waals surface area contributed by atoms with Crippen molar-refractivity contribution in [2.75, 3.05) is 18.9 Å². The van der Waals surface area contributed by atoms with Crippen molar-refractivity contribution in [3.63, 3.8) is 0 Å². The van der Waals surface area contributed by atoms with E-state index in [2.05, 4.69) is 9.46 Å². The van der Waals surface area contributed by atoms with Crippen LogP contribution in [0.3, 0.4) is 0 Å². The molecule has 1 N–H and O–H groups in total. The third-order valence-corrected chi connectivity index (χ3v) is 4.70. The predicted molar refractivity (Wildman–Crippen MR) is 86.3 cm³/mol. The number of sulfonamides is 1. The molecule has 0 unspecified atom stereocenters. The molecule has 0 saturated carbocycles. The van der Waals surface area contributed by atoms with Crippen LogP contribution in [0.1, 0.15) is 15.9 Å². The Bertz CT molecular complexity index is 880. The first kappa shape index (κ1) is 17.7. The average Bonchev–Trinajstić information content (AvgIpc) is 2.56. The van der Waals surface area contributed by atoms with Gasteiger partial charge in [0.15, 0.2) is 0 Å². The number of hydrogen-bond donors (Lipinski definition) is 1. The van der Waals surface area contributed by atoms with Gasteiger partial charge in [-0.2, -0.15) is 0 Å². The second-order valence-electron chi connectivity index (χ2n) is 4.92. The van der Waals surface area contributed by atoms with E-state index < -0.39 is 21.8 Å². The van der Waals surface area contributed by atoms with Crippen LogP contribution >= 0.6 is 0 Å². The monoisotopic (exact) mass is 353 g/mol. The first-order chi connectivity index (χ1) is 11.3. The van der Waals surface area contributed by atoms with Crippen molar-refractivity contribution >= 4 is 21.7 Å². The first-order valence-corrected chi connectivity index (χ1v) is 8.32. The normalized spacial score (nSPS) is 11.0. The van der Waals surface area contributed by atoms with Gasteiger partial charge in [0.1, 0.15) is 16.5 Å². The molecule has 0 fully saturated rings. The highest BCUT2D eigenvalue weighted by Gasteiger charge is 2.22. The molecule has 24 heavy (non-hydrogen) atoms. The van der Waals surface area contributed by atoms with Gasteiger partial charge in [0.05, 0.1) is 25.5 Å². The van der Waals surface area contributed by atoms with Gasteiger partial charge in [-0.1, -0.05) is 6.07 Å². The molecule has 0 bridgehead atoms. The number of aryl methyl sites for hydroxylation is 1. The molecule has 0 atom stereocenters. The Morgan fingerprint density at radius 3 is 2.46 bits per heavy atom. The van der Waals surface area contributed by atoms with Crippen molar-refractivity contribution in [1.29, 1.82) is 0 Å². The second kappa shape index (κ2) is 6.88. The van der Waals surface area contributed by atoms with Crippen LogP contribution in [-0.2, 0) is 14.8 Å². The number of esters is 1. The van der Waals surface area contributed by atoms with E-state index in [-0.39, 0.29) is 21.9 Å². The minimum atomic E-state index is -4.12. The van der Waals surface area contributed by atoms with E-state index in [1.807, 2.05) is 0 Å². The minimum Gasteiger partial charge on any atom is -0.495 e. The molecule has 0 radical (unpaired) electrons. The van der Waals surface area contributed by atoms with Gasteiger partial charge in [-0.15, -0.1) is 0 Å². The highest BCUT2D eigenvalue weighted by Crippen LogP contribution is 2.28. The molecule has 0 amide bonds. The van der Waals surface area contributed by atoms with Gasteiger partial charge in [-0.25, -0.2) is 17.6 Å². The van der Waals surface area contributed by atoms with E-state index in [4.69, 9.17) is 4.74 Å². The van der Waals surface area contributed by atoms with Crippen molar-refractivity contribution < 1.29 is 27.1 Å². The number of anilines is 1. The van der Waals surface area contributed by atoms with E-state index in [1.165, 1.54) is 32.4 Å². The summed E-state index contributed by atoms with van der Waals surface area (Å²) in [5.74, 6) is -1.30. The van der Waals surface area contributed by atoms with E-state index in [9.17, 15) is 17.6 Å². The van der Waals surface area contributed by atoms with Crippen molar-refractivity contribution in [3.8, 4) is 5.75 Å². The molecule has 0 aromatic heterocycles. The highest BCUT2D eigenvalue weighted by molar-refractivity contribution is 7.92. The van der Waals surface area contributed by atoms with Gasteiger partial charge in [0.2, 0.25) is 0 Å². The maximum atomic E-state index is 13.4. The van der Waals surface area contributed by atoms with E-state index in [1.54, 1.807) is 13.0 Å². The summed E-state index contributed by atoms with van der Waals surface area (Å²) in [6, 6.07) is 7.63. The smallest absolute Gasteiger partial charge is 0.337 e. The van der Waals surface area contributed by atoms with Crippen LogP contribution in [-0.4, -0.2) is 28.6 Å². The topological polar surface area (TPSA) is 81.7 Å². The van der Waals surface area contributed by atoms with Gasteiger partial charge >= 0.3 is 5.97 Å². The number of hydrogen-bond acceptors (Lipinski definition) is 5. The molecule has 6 nitrogen and oxygen atoms in total. The fourth-order valence-electron chi connectivity index (χ4n) is 2.04. The summed E-state index contributed by atoms with van der Waals surface area (Å²) in [6.07, 6.45) is 0. The minimum absolute atomic E-state index is 0.00526. The third-order valence-electron chi connectivity index (χ3n) is 3.32. The Balaban J connectivity index is 2.47. The molecule has 0 spiro atoms. The maximum absolute atomic E-state index is 13.4. The number of halogens is 1. The molecule has 0 heterocycles. The number of benzene rings is 2. The second-order valence-corrected chi connectivity index (χ2v) is 6.57. The maximum Gasteiger partial charge on any atom is 0.337 e. The SMILES string of the molecule is COC(=O)c1ccc(C)c(NS(=O)(=O)c2cc(F)ccc2OC)c1. The molecule has 0 aliphatic carbocycles. The lowest BCUT2D eigenvalue weighted by Gasteiger charge is -2.14. The van der Waals surface area contributed by atoms with Gasteiger partial charge in [-0.05, 0) is 42.8 Å². The standard InChI is InChI=1S/C16H16FNO5S/c1-10-4-5-11(16(19)23-3)8-13(10)18-24(20,21)15-9-12(17)6-7-14(15)22-2/h4-9,18H,1-3H3. The fraction of sp³-hybridized carbons (Fsp3) is 0.188. The molecule has 2 aromatic rings. The molecular weight excluding hydrogens is 337 g/mol. The zero-order valence-electron chi connectivity index (χ0n) is 13.3. The van der Waals surface area contributed by atoms with Crippen LogP contribution in [0.5, 0.6) is 5.75 Å². The van der Waals surface area contributed by atoms with Crippen LogP contribution < -0.4 is 9.46 Å². The molecule has 2 aromatic carbocycles. The molecule has 128 valence electrons. The molecule has 0 saturated heterocycles. The number of rotatable bonds is 5. The quantitative estimate of drug-likeness (QED) is 0.836. The predicted octanol–water partition coefficient (Wildman–Crippen LogP) is 2.73. The Hall–Kier alpha value is -2.61. The van der Waals surface area contributed by atoms with E-state index in [0.717, 1.165) is 12.1 Å². The molecule has 0 aliphatic heterocycles. The van der Waals surface area contributed by atoms with E-state index in [0.29, 0.717) is 5.56 Å². The van der Waals surface area contributed by atoms with Crippen molar-refractivity contribution in [2.24, 2.45) is 0 Å². The number of carbonyl (C=O) groups is 1. The third kappa shape index (κ3) is 3.65. The van der Waals surface area contributed by atoms with Crippen molar-refractivity contribution in [2.45, 2.75) is 11.8 Å². The van der Waals surface area contributed by atoms with Crippen LogP contribution in [0.4, 0.5) is 10.1 Å². The van der Waals surface area contributed by atoms with Crippen LogP contribution in [0.25, 0.3) is 0 Å². The van der Waals surface area contributed by atoms with Gasteiger partial charge < -0.3 is 9.47 Å². The number of carbonyl (C=O) groups excluding carboxylic acids is 1. The Labute approximate surface area is 139 Å². The van der Waals surface area contributed by atoms with Gasteiger partial charge in [-0.3, -0.25) is 4.72 Å². The fourth-order valence-corrected chi connectivity index (χ4v) is 3.34. The summed E-state index contributed by atoms with van der Waals surface area (Å²) in [6.45, 7) is 1.67. The molecule has 0 aliphatic rings. The van der Waals surface area contributed by atoms with Crippen molar-refractivity contribution in [1.82, 2.24) is 0 Å². The Morgan fingerprint density at radius 1 is 1.12 bits per heavy atom. The number of nitrogens with one attached hydrogen (secondary N) is 1. The molecular formula is C16H16FNO5S. The van der Waals surface area contributed by atoms with Crippen molar-refractivity contribution in [3.05, 3.63) is 53.3 Å². The lowest BCUT2D eigenvalue weighted by atomic mass is 10.1. The summed E-state index contributed by atoms with van der Waals surface area (Å²) in [4.78, 5) is 11.2. The van der Waals surface area contributed by atoms with Crippen LogP contribution in [0.15, 0.2) is 41.3 Å². The lowest BCUT2D eigenvalue weighted by molar-refractivity contribution is 0.0600. The largest absolute Gasteiger partial charge is 0.495 e. The molecule has 8 heteroatoms. The zero-order valence-corrected chi connectivity index (χ0v) is 14.1. The Kier molecular flexibility index (Phi) is 5.08. The summed E-state index contributed by atoms with van der Waals surface area (Å²) < 4.78 is 50.5. The summed E-state index contributed by atoms with van der Waals surface area (Å²) >= 11 is 0. The zero-order chi connectivity index (χ0) is 17.9. The van der Waals surface area contributed by atoms with Gasteiger partial charge in [0.25, 0.3) is 10.0 Å². The molecule has 2 rings (SSSR count). The lowest BCUT2D eigenvalue weighted by Crippen LogP contribution is -2.16. The number of ether oxygens (including phenoxy) is 2. The first-order valence-electron chi connectivity index (χ1n) is 6.84. The average molecular weight is 353 g/mol.